The first-order chi connectivity index (χ1) is 16.6. The summed E-state index contributed by atoms with van der Waals surface area (Å²) in [7, 11) is 4.21. The molecule has 34 heavy (non-hydrogen) atoms. The summed E-state index contributed by atoms with van der Waals surface area (Å²) in [6.07, 6.45) is 1.08. The van der Waals surface area contributed by atoms with Gasteiger partial charge in [0.25, 0.3) is 0 Å². The fraction of sp³-hybridized carbons (Fsp3) is 0.462. The second kappa shape index (κ2) is 10.5. The van der Waals surface area contributed by atoms with Gasteiger partial charge in [-0.15, -0.1) is 0 Å². The third kappa shape index (κ3) is 5.58. The Balaban J connectivity index is 1.18. The summed E-state index contributed by atoms with van der Waals surface area (Å²) in [6.45, 7) is 8.04. The van der Waals surface area contributed by atoms with Crippen LogP contribution in [0.4, 0.5) is 5.82 Å². The predicted molar refractivity (Wildman–Crippen MR) is 134 cm³/mol. The molecule has 3 aromatic rings. The van der Waals surface area contributed by atoms with Crippen LogP contribution in [0.1, 0.15) is 17.8 Å². The largest absolute Gasteiger partial charge is 0.454 e. The maximum absolute atomic E-state index is 5.52. The summed E-state index contributed by atoms with van der Waals surface area (Å²) in [5.74, 6) is 3.53. The van der Waals surface area contributed by atoms with Crippen LogP contribution in [0, 0.1) is 0 Å². The molecule has 2 aromatic carbocycles. The van der Waals surface area contributed by atoms with E-state index in [4.69, 9.17) is 19.4 Å². The van der Waals surface area contributed by atoms with E-state index in [2.05, 4.69) is 64.4 Å². The molecule has 8 nitrogen and oxygen atoms in total. The Kier molecular flexibility index (Phi) is 7.08. The topological polar surface area (TPSA) is 66.0 Å². The van der Waals surface area contributed by atoms with Crippen LogP contribution < -0.4 is 14.8 Å². The number of fused-ring (bicyclic) bond motifs is 2. The molecule has 1 fully saturated rings. The molecule has 0 unspecified atom stereocenters. The molecule has 180 valence electrons. The Morgan fingerprint density at radius 1 is 0.912 bits per heavy atom. The van der Waals surface area contributed by atoms with Crippen molar-refractivity contribution in [2.24, 2.45) is 0 Å². The van der Waals surface area contributed by atoms with E-state index in [0.717, 1.165) is 92.8 Å². The van der Waals surface area contributed by atoms with E-state index in [-0.39, 0.29) is 0 Å². The van der Waals surface area contributed by atoms with Gasteiger partial charge in [-0.1, -0.05) is 18.2 Å². The molecular formula is C26H34N6O2. The Morgan fingerprint density at radius 3 is 2.50 bits per heavy atom. The Bertz CT molecular complexity index is 1110. The fourth-order valence-corrected chi connectivity index (χ4v) is 4.54. The molecule has 0 radical (unpaired) electrons. The maximum Gasteiger partial charge on any atom is 0.231 e. The average molecular weight is 463 g/mol. The zero-order chi connectivity index (χ0) is 23.3. The Morgan fingerprint density at radius 2 is 1.68 bits per heavy atom. The molecule has 5 rings (SSSR count). The minimum atomic E-state index is 0.321. The van der Waals surface area contributed by atoms with E-state index in [9.17, 15) is 0 Å². The van der Waals surface area contributed by atoms with Crippen LogP contribution in [0.3, 0.4) is 0 Å². The van der Waals surface area contributed by atoms with E-state index in [1.165, 1.54) is 5.56 Å². The summed E-state index contributed by atoms with van der Waals surface area (Å²) in [5, 5.41) is 4.64. The summed E-state index contributed by atoms with van der Waals surface area (Å²) in [6, 6.07) is 14.5. The quantitative estimate of drug-likeness (QED) is 0.487. The lowest BCUT2D eigenvalue weighted by atomic mass is 10.1. The number of anilines is 1. The normalized spacial score (nSPS) is 16.4. The van der Waals surface area contributed by atoms with Gasteiger partial charge in [-0.25, -0.2) is 9.97 Å². The molecule has 2 aliphatic rings. The van der Waals surface area contributed by atoms with Gasteiger partial charge >= 0.3 is 0 Å². The third-order valence-corrected chi connectivity index (χ3v) is 6.40. The molecule has 0 atom stereocenters. The van der Waals surface area contributed by atoms with Gasteiger partial charge in [0.15, 0.2) is 11.5 Å². The highest BCUT2D eigenvalue weighted by Gasteiger charge is 2.20. The third-order valence-electron chi connectivity index (χ3n) is 6.40. The lowest BCUT2D eigenvalue weighted by Crippen LogP contribution is -2.45. The minimum absolute atomic E-state index is 0.321. The van der Waals surface area contributed by atoms with Gasteiger partial charge in [0.1, 0.15) is 11.6 Å². The van der Waals surface area contributed by atoms with Crippen molar-refractivity contribution in [3.63, 3.8) is 0 Å². The van der Waals surface area contributed by atoms with Crippen molar-refractivity contribution < 1.29 is 9.47 Å². The first-order valence-corrected chi connectivity index (χ1v) is 12.1. The number of para-hydroxylation sites is 1. The van der Waals surface area contributed by atoms with Crippen LogP contribution in [0.15, 0.2) is 42.5 Å². The standard InChI is InChI=1S/C26H34N6O2/c1-30(2)11-5-10-27-26-21-6-3-4-7-22(21)28-25(29-26)18-32-14-12-31(13-15-32)17-20-8-9-23-24(16-20)34-19-33-23/h3-4,6-9,16H,5,10-15,17-19H2,1-2H3,(H,27,28,29). The van der Waals surface area contributed by atoms with Gasteiger partial charge in [-0.05, 0) is 56.9 Å². The predicted octanol–water partition coefficient (Wildman–Crippen LogP) is 3.04. The highest BCUT2D eigenvalue weighted by atomic mass is 16.7. The van der Waals surface area contributed by atoms with Gasteiger partial charge in [0, 0.05) is 44.7 Å². The summed E-state index contributed by atoms with van der Waals surface area (Å²) in [5.41, 5.74) is 2.27. The number of nitrogens with one attached hydrogen (secondary N) is 1. The van der Waals surface area contributed by atoms with Crippen molar-refractivity contribution in [3.05, 3.63) is 53.9 Å². The molecular weight excluding hydrogens is 428 g/mol. The molecule has 8 heteroatoms. The fourth-order valence-electron chi connectivity index (χ4n) is 4.54. The molecule has 1 aromatic heterocycles. The van der Waals surface area contributed by atoms with Gasteiger partial charge in [0.2, 0.25) is 6.79 Å². The zero-order valence-electron chi connectivity index (χ0n) is 20.2. The molecule has 1 saturated heterocycles. The van der Waals surface area contributed by atoms with Gasteiger partial charge < -0.3 is 19.7 Å². The van der Waals surface area contributed by atoms with Crippen molar-refractivity contribution >= 4 is 16.7 Å². The maximum atomic E-state index is 5.52. The average Bonchev–Trinajstić information content (AvgIpc) is 3.31. The highest BCUT2D eigenvalue weighted by Crippen LogP contribution is 2.33. The number of nitrogens with zero attached hydrogens (tertiary/aromatic N) is 5. The highest BCUT2D eigenvalue weighted by molar-refractivity contribution is 5.88. The first-order valence-electron chi connectivity index (χ1n) is 12.1. The van der Waals surface area contributed by atoms with E-state index < -0.39 is 0 Å². The van der Waals surface area contributed by atoms with E-state index in [1.54, 1.807) is 0 Å². The number of piperazine rings is 1. The van der Waals surface area contributed by atoms with E-state index in [0.29, 0.717) is 6.79 Å². The minimum Gasteiger partial charge on any atom is -0.454 e. The lowest BCUT2D eigenvalue weighted by Gasteiger charge is -2.34. The summed E-state index contributed by atoms with van der Waals surface area (Å²) < 4.78 is 10.9. The van der Waals surface area contributed by atoms with Crippen LogP contribution in [0.2, 0.25) is 0 Å². The Labute approximate surface area is 201 Å². The number of rotatable bonds is 9. The van der Waals surface area contributed by atoms with E-state index in [1.807, 2.05) is 12.1 Å². The number of hydrogen-bond acceptors (Lipinski definition) is 8. The van der Waals surface area contributed by atoms with Crippen molar-refractivity contribution in [2.45, 2.75) is 19.5 Å². The Hall–Kier alpha value is -2.94. The molecule has 3 heterocycles. The number of benzene rings is 2. The van der Waals surface area contributed by atoms with Crippen LogP contribution in [-0.4, -0.2) is 84.8 Å². The molecule has 1 N–H and O–H groups in total. The molecule has 0 amide bonds. The lowest BCUT2D eigenvalue weighted by molar-refractivity contribution is 0.120. The second-order valence-corrected chi connectivity index (χ2v) is 9.33. The van der Waals surface area contributed by atoms with Crippen molar-refractivity contribution in [2.75, 3.05) is 65.5 Å². The molecule has 0 bridgehead atoms. The number of aromatic nitrogens is 2. The second-order valence-electron chi connectivity index (χ2n) is 9.33. The summed E-state index contributed by atoms with van der Waals surface area (Å²) in [4.78, 5) is 16.9. The van der Waals surface area contributed by atoms with Gasteiger partial charge in [-0.3, -0.25) is 9.80 Å². The number of ether oxygens (including phenoxy) is 2. The first kappa shape index (κ1) is 22.8. The van der Waals surface area contributed by atoms with Gasteiger partial charge in [0.05, 0.1) is 12.1 Å². The molecule has 0 saturated carbocycles. The van der Waals surface area contributed by atoms with Crippen LogP contribution in [0.5, 0.6) is 11.5 Å². The SMILES string of the molecule is CN(C)CCCNc1nc(CN2CCN(Cc3ccc4c(c3)OCO4)CC2)nc2ccccc12. The zero-order valence-corrected chi connectivity index (χ0v) is 20.2. The molecule has 0 spiro atoms. The number of hydrogen-bond donors (Lipinski definition) is 1. The van der Waals surface area contributed by atoms with E-state index >= 15 is 0 Å². The monoisotopic (exact) mass is 462 g/mol. The van der Waals surface area contributed by atoms with Crippen molar-refractivity contribution in [3.8, 4) is 11.5 Å². The van der Waals surface area contributed by atoms with Gasteiger partial charge in [-0.2, -0.15) is 0 Å². The smallest absolute Gasteiger partial charge is 0.231 e. The van der Waals surface area contributed by atoms with Crippen LogP contribution >= 0.6 is 0 Å². The van der Waals surface area contributed by atoms with Crippen molar-refractivity contribution in [1.82, 2.24) is 24.7 Å². The molecule has 2 aliphatic heterocycles. The molecule has 0 aliphatic carbocycles. The summed E-state index contributed by atoms with van der Waals surface area (Å²) >= 11 is 0. The van der Waals surface area contributed by atoms with Crippen LogP contribution in [-0.2, 0) is 13.1 Å². The van der Waals surface area contributed by atoms with Crippen LogP contribution in [0.25, 0.3) is 10.9 Å². The van der Waals surface area contributed by atoms with Crippen molar-refractivity contribution in [1.29, 1.82) is 0 Å².